The van der Waals surface area contributed by atoms with E-state index in [0.29, 0.717) is 17.5 Å². The molecule has 0 aliphatic heterocycles. The van der Waals surface area contributed by atoms with Crippen molar-refractivity contribution in [1.82, 2.24) is 9.97 Å². The lowest BCUT2D eigenvalue weighted by molar-refractivity contribution is 0.0699. The molecule has 0 radical (unpaired) electrons. The second kappa shape index (κ2) is 3.94. The number of aromatic carboxylic acids is 1. The molecule has 2 aromatic rings. The van der Waals surface area contributed by atoms with E-state index >= 15 is 0 Å². The summed E-state index contributed by atoms with van der Waals surface area (Å²) < 4.78 is 0. The van der Waals surface area contributed by atoms with Crippen molar-refractivity contribution in [1.29, 1.82) is 0 Å². The van der Waals surface area contributed by atoms with Crippen LogP contribution in [0.3, 0.4) is 0 Å². The number of para-hydroxylation sites is 1. The summed E-state index contributed by atoms with van der Waals surface area (Å²) >= 11 is 0. The average Bonchev–Trinajstić information content (AvgIpc) is 3.20. The van der Waals surface area contributed by atoms with Crippen molar-refractivity contribution < 1.29 is 9.90 Å². The molecule has 1 N–H and O–H groups in total. The summed E-state index contributed by atoms with van der Waals surface area (Å²) in [5.74, 6) is -0.363. The van der Waals surface area contributed by atoms with Gasteiger partial charge in [-0.15, -0.1) is 0 Å². The zero-order chi connectivity index (χ0) is 12.7. The van der Waals surface area contributed by atoms with Gasteiger partial charge in [0.15, 0.2) is 0 Å². The number of hydrogen-bond donors (Lipinski definition) is 1. The molecule has 0 spiro atoms. The number of aromatic nitrogens is 2. The van der Waals surface area contributed by atoms with E-state index in [1.807, 2.05) is 18.0 Å². The molecule has 0 bridgehead atoms. The molecule has 0 amide bonds. The number of fused-ring (bicyclic) bond motifs is 1. The van der Waals surface area contributed by atoms with E-state index in [-0.39, 0.29) is 5.56 Å². The molecule has 1 saturated carbocycles. The molecule has 1 aliphatic carbocycles. The molecule has 1 aliphatic rings. The first kappa shape index (κ1) is 11.0. The Balaban J connectivity index is 2.14. The Hall–Kier alpha value is -2.17. The zero-order valence-corrected chi connectivity index (χ0v) is 10.00. The van der Waals surface area contributed by atoms with Gasteiger partial charge >= 0.3 is 5.97 Å². The highest BCUT2D eigenvalue weighted by atomic mass is 16.4. The van der Waals surface area contributed by atoms with Crippen LogP contribution in [0.1, 0.15) is 23.2 Å². The van der Waals surface area contributed by atoms with E-state index in [2.05, 4.69) is 9.97 Å². The minimum absolute atomic E-state index is 0.223. The summed E-state index contributed by atoms with van der Waals surface area (Å²) in [6.45, 7) is 0. The molecular weight excluding hydrogens is 230 g/mol. The Kier molecular flexibility index (Phi) is 2.40. The zero-order valence-electron chi connectivity index (χ0n) is 10.00. The number of anilines is 1. The molecule has 1 fully saturated rings. The van der Waals surface area contributed by atoms with Crippen molar-refractivity contribution in [3.8, 4) is 0 Å². The highest BCUT2D eigenvalue weighted by Crippen LogP contribution is 2.29. The standard InChI is InChI=1S/C13H13N3O2/c1-16(9-5-6-9)13-14-7-8-3-2-4-10(12(17)18)11(8)15-13/h2-4,7,9H,5-6H2,1H3,(H,17,18). The van der Waals surface area contributed by atoms with Crippen LogP contribution in [-0.2, 0) is 0 Å². The topological polar surface area (TPSA) is 66.3 Å². The number of rotatable bonds is 3. The number of nitrogens with zero attached hydrogens (tertiary/aromatic N) is 3. The van der Waals surface area contributed by atoms with E-state index in [4.69, 9.17) is 5.11 Å². The maximum atomic E-state index is 11.2. The first-order chi connectivity index (χ1) is 8.66. The highest BCUT2D eigenvalue weighted by molar-refractivity contribution is 6.01. The largest absolute Gasteiger partial charge is 0.478 e. The SMILES string of the molecule is CN(c1ncc2cccc(C(=O)O)c2n1)C1CC1. The third-order valence-electron chi connectivity index (χ3n) is 3.24. The van der Waals surface area contributed by atoms with E-state index in [1.54, 1.807) is 18.3 Å². The Labute approximate surface area is 104 Å². The number of hydrogen-bond acceptors (Lipinski definition) is 4. The van der Waals surface area contributed by atoms with Gasteiger partial charge in [0.05, 0.1) is 11.1 Å². The van der Waals surface area contributed by atoms with Gasteiger partial charge in [-0.25, -0.2) is 14.8 Å². The normalized spacial score (nSPS) is 14.7. The second-order valence-electron chi connectivity index (χ2n) is 4.56. The summed E-state index contributed by atoms with van der Waals surface area (Å²) in [5, 5.41) is 9.91. The van der Waals surface area contributed by atoms with Gasteiger partial charge in [0.1, 0.15) is 0 Å². The lowest BCUT2D eigenvalue weighted by Gasteiger charge is -2.16. The van der Waals surface area contributed by atoms with Crippen LogP contribution in [0, 0.1) is 0 Å². The average molecular weight is 243 g/mol. The second-order valence-corrected chi connectivity index (χ2v) is 4.56. The molecule has 0 saturated heterocycles. The van der Waals surface area contributed by atoms with Crippen LogP contribution in [0.25, 0.3) is 10.9 Å². The molecule has 1 heterocycles. The molecule has 1 aromatic heterocycles. The van der Waals surface area contributed by atoms with Crippen LogP contribution in [0.4, 0.5) is 5.95 Å². The number of carboxylic acid groups (broad SMARTS) is 1. The van der Waals surface area contributed by atoms with Crippen molar-refractivity contribution in [3.63, 3.8) is 0 Å². The molecule has 3 rings (SSSR count). The summed E-state index contributed by atoms with van der Waals surface area (Å²) in [7, 11) is 1.95. The smallest absolute Gasteiger partial charge is 0.337 e. The first-order valence-electron chi connectivity index (χ1n) is 5.88. The maximum Gasteiger partial charge on any atom is 0.337 e. The minimum atomic E-state index is -0.959. The first-order valence-corrected chi connectivity index (χ1v) is 5.88. The van der Waals surface area contributed by atoms with Crippen LogP contribution in [0.2, 0.25) is 0 Å². The van der Waals surface area contributed by atoms with Gasteiger partial charge in [-0.3, -0.25) is 0 Å². The van der Waals surface area contributed by atoms with Crippen molar-refractivity contribution in [2.24, 2.45) is 0 Å². The van der Waals surface area contributed by atoms with Gasteiger partial charge in [0, 0.05) is 24.7 Å². The van der Waals surface area contributed by atoms with Crippen molar-refractivity contribution in [2.75, 3.05) is 11.9 Å². The van der Waals surface area contributed by atoms with Crippen LogP contribution in [0.15, 0.2) is 24.4 Å². The monoisotopic (exact) mass is 243 g/mol. The number of carbonyl (C=O) groups is 1. The summed E-state index contributed by atoms with van der Waals surface area (Å²) in [4.78, 5) is 21.9. The van der Waals surface area contributed by atoms with Gasteiger partial charge in [-0.05, 0) is 18.9 Å². The van der Waals surface area contributed by atoms with Gasteiger partial charge < -0.3 is 10.0 Å². The molecule has 0 unspecified atom stereocenters. The predicted octanol–water partition coefficient (Wildman–Crippen LogP) is 1.93. The number of carboxylic acids is 1. The third-order valence-corrected chi connectivity index (χ3v) is 3.24. The summed E-state index contributed by atoms with van der Waals surface area (Å²) in [6.07, 6.45) is 3.99. The van der Waals surface area contributed by atoms with Gasteiger partial charge in [0.25, 0.3) is 0 Å². The van der Waals surface area contributed by atoms with Crippen LogP contribution >= 0.6 is 0 Å². The highest BCUT2D eigenvalue weighted by Gasteiger charge is 2.28. The fourth-order valence-corrected chi connectivity index (χ4v) is 2.01. The Morgan fingerprint density at radius 3 is 2.89 bits per heavy atom. The van der Waals surface area contributed by atoms with Crippen molar-refractivity contribution in [2.45, 2.75) is 18.9 Å². The van der Waals surface area contributed by atoms with Crippen molar-refractivity contribution >= 4 is 22.8 Å². The quantitative estimate of drug-likeness (QED) is 0.892. The lowest BCUT2D eigenvalue weighted by atomic mass is 10.1. The molecule has 5 nitrogen and oxygen atoms in total. The molecule has 0 atom stereocenters. The summed E-state index contributed by atoms with van der Waals surface area (Å²) in [5.41, 5.74) is 0.725. The molecule has 18 heavy (non-hydrogen) atoms. The fraction of sp³-hybridized carbons (Fsp3) is 0.308. The van der Waals surface area contributed by atoms with Gasteiger partial charge in [-0.2, -0.15) is 0 Å². The van der Waals surface area contributed by atoms with Gasteiger partial charge in [0.2, 0.25) is 5.95 Å². The van der Waals surface area contributed by atoms with E-state index < -0.39 is 5.97 Å². The Bertz CT molecular complexity index is 623. The van der Waals surface area contributed by atoms with Crippen LogP contribution in [0.5, 0.6) is 0 Å². The van der Waals surface area contributed by atoms with Gasteiger partial charge in [-0.1, -0.05) is 12.1 Å². The van der Waals surface area contributed by atoms with Crippen LogP contribution < -0.4 is 4.90 Å². The maximum absolute atomic E-state index is 11.2. The van der Waals surface area contributed by atoms with E-state index in [0.717, 1.165) is 18.2 Å². The Morgan fingerprint density at radius 1 is 1.44 bits per heavy atom. The molecule has 5 heteroatoms. The van der Waals surface area contributed by atoms with E-state index in [9.17, 15) is 4.79 Å². The lowest BCUT2D eigenvalue weighted by Crippen LogP contribution is -2.22. The van der Waals surface area contributed by atoms with E-state index in [1.165, 1.54) is 0 Å². The Morgan fingerprint density at radius 2 is 2.22 bits per heavy atom. The molecule has 1 aromatic carbocycles. The van der Waals surface area contributed by atoms with Crippen LogP contribution in [-0.4, -0.2) is 34.1 Å². The minimum Gasteiger partial charge on any atom is -0.478 e. The molecule has 92 valence electrons. The summed E-state index contributed by atoms with van der Waals surface area (Å²) in [6, 6.07) is 5.60. The predicted molar refractivity (Wildman–Crippen MR) is 67.9 cm³/mol. The number of benzene rings is 1. The fourth-order valence-electron chi connectivity index (χ4n) is 2.01. The third kappa shape index (κ3) is 1.77. The molecular formula is C13H13N3O2. The van der Waals surface area contributed by atoms with Crippen molar-refractivity contribution in [3.05, 3.63) is 30.0 Å².